The summed E-state index contributed by atoms with van der Waals surface area (Å²) < 4.78 is 15.8. The Bertz CT molecular complexity index is 986. The summed E-state index contributed by atoms with van der Waals surface area (Å²) in [5.74, 6) is 1.27. The Morgan fingerprint density at radius 3 is 3.07 bits per heavy atom. The highest BCUT2D eigenvalue weighted by Crippen LogP contribution is 2.22. The van der Waals surface area contributed by atoms with Crippen LogP contribution in [0.2, 0.25) is 0 Å². The molecule has 0 bridgehead atoms. The number of hydrogen-bond donors (Lipinski definition) is 0. The molecule has 29 heavy (non-hydrogen) atoms. The maximum absolute atomic E-state index is 13.0. The predicted octanol–water partition coefficient (Wildman–Crippen LogP) is 0.892. The topological polar surface area (TPSA) is 121 Å². The van der Waals surface area contributed by atoms with E-state index in [1.54, 1.807) is 37.1 Å². The lowest BCUT2D eigenvalue weighted by molar-refractivity contribution is -0.0269. The number of rotatable bonds is 6. The highest BCUT2D eigenvalue weighted by atomic mass is 16.5. The van der Waals surface area contributed by atoms with Gasteiger partial charge in [-0.05, 0) is 17.3 Å². The highest BCUT2D eigenvalue weighted by Gasteiger charge is 2.29. The molecule has 3 aromatic rings. The molecule has 0 spiro atoms. The van der Waals surface area contributed by atoms with Gasteiger partial charge in [0.05, 0.1) is 26.3 Å². The van der Waals surface area contributed by atoms with E-state index in [0.29, 0.717) is 56.0 Å². The fourth-order valence-corrected chi connectivity index (χ4v) is 3.03. The first-order chi connectivity index (χ1) is 14.1. The van der Waals surface area contributed by atoms with Crippen LogP contribution in [0.1, 0.15) is 28.2 Å². The van der Waals surface area contributed by atoms with E-state index in [0.717, 1.165) is 5.56 Å². The Kier molecular flexibility index (Phi) is 5.58. The molecule has 11 heteroatoms. The lowest BCUT2D eigenvalue weighted by Crippen LogP contribution is -2.42. The second kappa shape index (κ2) is 8.45. The van der Waals surface area contributed by atoms with Crippen molar-refractivity contribution in [1.82, 2.24) is 35.2 Å². The van der Waals surface area contributed by atoms with E-state index in [9.17, 15) is 4.79 Å². The SMILES string of the molecule is COCCn1nnc(C2CN(C(=O)c3cccc(-c4noc(C)n4)c3)CCO2)n1. The molecular weight excluding hydrogens is 378 g/mol. The molecule has 1 atom stereocenters. The van der Waals surface area contributed by atoms with Gasteiger partial charge >= 0.3 is 0 Å². The normalized spacial score (nSPS) is 16.9. The number of amides is 1. The maximum atomic E-state index is 13.0. The van der Waals surface area contributed by atoms with Crippen molar-refractivity contribution in [2.45, 2.75) is 19.6 Å². The number of tetrazole rings is 1. The van der Waals surface area contributed by atoms with Crippen LogP contribution >= 0.6 is 0 Å². The lowest BCUT2D eigenvalue weighted by atomic mass is 10.1. The van der Waals surface area contributed by atoms with Crippen LogP contribution in [-0.2, 0) is 16.0 Å². The molecule has 0 N–H and O–H groups in total. The third-order valence-electron chi connectivity index (χ3n) is 4.50. The zero-order valence-corrected chi connectivity index (χ0v) is 16.2. The van der Waals surface area contributed by atoms with E-state index in [4.69, 9.17) is 14.0 Å². The molecule has 2 aromatic heterocycles. The van der Waals surface area contributed by atoms with Crippen molar-refractivity contribution in [3.05, 3.63) is 41.5 Å². The van der Waals surface area contributed by atoms with Gasteiger partial charge in [0.25, 0.3) is 5.91 Å². The van der Waals surface area contributed by atoms with Gasteiger partial charge in [0, 0.05) is 31.7 Å². The van der Waals surface area contributed by atoms with E-state index in [1.807, 2.05) is 6.07 Å². The van der Waals surface area contributed by atoms with Gasteiger partial charge in [-0.1, -0.05) is 17.3 Å². The van der Waals surface area contributed by atoms with E-state index in [-0.39, 0.29) is 5.91 Å². The first-order valence-corrected chi connectivity index (χ1v) is 9.22. The van der Waals surface area contributed by atoms with Crippen molar-refractivity contribution in [1.29, 1.82) is 0 Å². The molecule has 1 aliphatic heterocycles. The van der Waals surface area contributed by atoms with Gasteiger partial charge in [0.1, 0.15) is 6.10 Å². The van der Waals surface area contributed by atoms with E-state index in [2.05, 4.69) is 25.6 Å². The molecule has 1 saturated heterocycles. The summed E-state index contributed by atoms with van der Waals surface area (Å²) in [5.41, 5.74) is 1.27. The summed E-state index contributed by atoms with van der Waals surface area (Å²) >= 11 is 0. The molecule has 3 heterocycles. The van der Waals surface area contributed by atoms with E-state index >= 15 is 0 Å². The molecular formula is C18H21N7O4. The van der Waals surface area contributed by atoms with Gasteiger partial charge in [0.2, 0.25) is 17.5 Å². The minimum Gasteiger partial charge on any atom is -0.383 e. The summed E-state index contributed by atoms with van der Waals surface area (Å²) in [7, 11) is 1.61. The van der Waals surface area contributed by atoms with Gasteiger partial charge in [-0.25, -0.2) is 0 Å². The zero-order chi connectivity index (χ0) is 20.2. The van der Waals surface area contributed by atoms with E-state index < -0.39 is 6.10 Å². The highest BCUT2D eigenvalue weighted by molar-refractivity contribution is 5.95. The maximum Gasteiger partial charge on any atom is 0.254 e. The Morgan fingerprint density at radius 1 is 1.38 bits per heavy atom. The molecule has 11 nitrogen and oxygen atoms in total. The first kappa shape index (κ1) is 19.2. The average Bonchev–Trinajstić information content (AvgIpc) is 3.41. The van der Waals surface area contributed by atoms with Crippen LogP contribution in [0.5, 0.6) is 0 Å². The third-order valence-corrected chi connectivity index (χ3v) is 4.50. The van der Waals surface area contributed by atoms with Crippen LogP contribution in [-0.4, -0.2) is 74.6 Å². The molecule has 0 saturated carbocycles. The molecule has 1 aliphatic rings. The van der Waals surface area contributed by atoms with Crippen LogP contribution in [0, 0.1) is 6.92 Å². The van der Waals surface area contributed by atoms with Crippen molar-refractivity contribution in [3.8, 4) is 11.4 Å². The molecule has 1 unspecified atom stereocenters. The van der Waals surface area contributed by atoms with E-state index in [1.165, 1.54) is 4.80 Å². The fraction of sp³-hybridized carbons (Fsp3) is 0.444. The average molecular weight is 399 g/mol. The van der Waals surface area contributed by atoms with Gasteiger partial charge in [-0.15, -0.1) is 10.2 Å². The summed E-state index contributed by atoms with van der Waals surface area (Å²) in [5, 5.41) is 16.3. The molecule has 0 radical (unpaired) electrons. The molecule has 1 aromatic carbocycles. The number of methoxy groups -OCH3 is 1. The lowest BCUT2D eigenvalue weighted by Gasteiger charge is -2.31. The van der Waals surface area contributed by atoms with Crippen molar-refractivity contribution < 1.29 is 18.8 Å². The Morgan fingerprint density at radius 2 is 2.28 bits per heavy atom. The number of morpholine rings is 1. The summed E-state index contributed by atoms with van der Waals surface area (Å²) in [6, 6.07) is 7.17. The number of aryl methyl sites for hydroxylation is 1. The molecule has 1 fully saturated rings. The molecule has 1 amide bonds. The summed E-state index contributed by atoms with van der Waals surface area (Å²) in [6.07, 6.45) is -0.424. The minimum atomic E-state index is -0.424. The van der Waals surface area contributed by atoms with Gasteiger partial charge in [-0.3, -0.25) is 4.79 Å². The first-order valence-electron chi connectivity index (χ1n) is 9.22. The van der Waals surface area contributed by atoms with Crippen molar-refractivity contribution in [2.75, 3.05) is 33.4 Å². The Balaban J connectivity index is 1.47. The number of carbonyl (C=O) groups excluding carboxylic acids is 1. The van der Waals surface area contributed by atoms with Gasteiger partial charge in [0.15, 0.2) is 0 Å². The zero-order valence-electron chi connectivity index (χ0n) is 16.2. The fourth-order valence-electron chi connectivity index (χ4n) is 3.03. The number of ether oxygens (including phenoxy) is 2. The second-order valence-corrected chi connectivity index (χ2v) is 6.56. The minimum absolute atomic E-state index is 0.104. The second-order valence-electron chi connectivity index (χ2n) is 6.56. The van der Waals surface area contributed by atoms with Crippen LogP contribution in [0.25, 0.3) is 11.4 Å². The van der Waals surface area contributed by atoms with Gasteiger partial charge in [-0.2, -0.15) is 9.78 Å². The van der Waals surface area contributed by atoms with Crippen molar-refractivity contribution in [2.24, 2.45) is 0 Å². The smallest absolute Gasteiger partial charge is 0.254 e. The number of aromatic nitrogens is 6. The largest absolute Gasteiger partial charge is 0.383 e. The number of nitrogens with zero attached hydrogens (tertiary/aromatic N) is 7. The third kappa shape index (κ3) is 4.30. The number of carbonyl (C=O) groups is 1. The standard InChI is InChI=1S/C18H21N7O4/c1-12-19-16(22-29-12)13-4-3-5-14(10-13)18(26)24-6-9-28-15(11-24)17-20-23-25(21-17)7-8-27-2/h3-5,10,15H,6-9,11H2,1-2H3. The van der Waals surface area contributed by atoms with Crippen molar-refractivity contribution >= 4 is 5.91 Å². The molecule has 0 aliphatic carbocycles. The van der Waals surface area contributed by atoms with Crippen LogP contribution in [0.15, 0.2) is 28.8 Å². The van der Waals surface area contributed by atoms with Gasteiger partial charge < -0.3 is 18.9 Å². The van der Waals surface area contributed by atoms with Crippen LogP contribution in [0.3, 0.4) is 0 Å². The molecule has 4 rings (SSSR count). The predicted molar refractivity (Wildman–Crippen MR) is 98.8 cm³/mol. The summed E-state index contributed by atoms with van der Waals surface area (Å²) in [4.78, 5) is 20.4. The summed E-state index contributed by atoms with van der Waals surface area (Å²) in [6.45, 7) is 3.94. The monoisotopic (exact) mass is 399 g/mol. The van der Waals surface area contributed by atoms with Crippen LogP contribution < -0.4 is 0 Å². The molecule has 152 valence electrons. The number of hydrogen-bond acceptors (Lipinski definition) is 9. The quantitative estimate of drug-likeness (QED) is 0.595. The Hall–Kier alpha value is -3.18. The number of benzene rings is 1. The van der Waals surface area contributed by atoms with Crippen LogP contribution in [0.4, 0.5) is 0 Å². The van der Waals surface area contributed by atoms with Crippen molar-refractivity contribution in [3.63, 3.8) is 0 Å². The Labute approximate surface area is 166 Å².